The maximum atomic E-state index is 14.2. The lowest BCUT2D eigenvalue weighted by atomic mass is 10.2. The van der Waals surface area contributed by atoms with Gasteiger partial charge in [-0.2, -0.15) is 5.10 Å². The molecular weight excluding hydrogens is 377 g/mol. The van der Waals surface area contributed by atoms with Gasteiger partial charge in [0.15, 0.2) is 11.3 Å². The van der Waals surface area contributed by atoms with Gasteiger partial charge in [0.05, 0.1) is 29.7 Å². The van der Waals surface area contributed by atoms with Crippen LogP contribution in [0.2, 0.25) is 0 Å². The average Bonchev–Trinajstić information content (AvgIpc) is 3.34. The Balaban J connectivity index is 1.75. The van der Waals surface area contributed by atoms with Crippen molar-refractivity contribution in [3.63, 3.8) is 0 Å². The Hall–Kier alpha value is -3.88. The molecular formula is C20H18FN5O3. The third-order valence-electron chi connectivity index (χ3n) is 4.85. The third kappa shape index (κ3) is 3.16. The van der Waals surface area contributed by atoms with E-state index in [1.807, 2.05) is 0 Å². The molecule has 8 nitrogen and oxygen atoms in total. The second kappa shape index (κ2) is 6.93. The molecule has 0 bridgehead atoms. The van der Waals surface area contributed by atoms with Gasteiger partial charge in [0.2, 0.25) is 0 Å². The van der Waals surface area contributed by atoms with Crippen LogP contribution >= 0.6 is 0 Å². The summed E-state index contributed by atoms with van der Waals surface area (Å²) >= 11 is 0. The van der Waals surface area contributed by atoms with E-state index in [0.717, 1.165) is 0 Å². The van der Waals surface area contributed by atoms with Gasteiger partial charge in [-0.15, -0.1) is 0 Å². The molecule has 3 heterocycles. The van der Waals surface area contributed by atoms with Gasteiger partial charge >= 0.3 is 0 Å². The number of nitrogens with zero attached hydrogens (tertiary/aromatic N) is 3. The van der Waals surface area contributed by atoms with Gasteiger partial charge in [-0.3, -0.25) is 14.3 Å². The average molecular weight is 395 g/mol. The van der Waals surface area contributed by atoms with Gasteiger partial charge in [0.1, 0.15) is 11.5 Å². The number of aromatic nitrogens is 3. The van der Waals surface area contributed by atoms with Crippen LogP contribution in [0, 0.1) is 12.7 Å². The Morgan fingerprint density at radius 3 is 2.76 bits per heavy atom. The van der Waals surface area contributed by atoms with Crippen LogP contribution in [-0.2, 0) is 13.6 Å². The monoisotopic (exact) mass is 395 g/mol. The molecule has 29 heavy (non-hydrogen) atoms. The number of rotatable bonds is 5. The van der Waals surface area contributed by atoms with Crippen LogP contribution in [0.4, 0.5) is 10.1 Å². The number of hydrogen-bond donors (Lipinski definition) is 2. The van der Waals surface area contributed by atoms with Crippen LogP contribution in [0.1, 0.15) is 32.2 Å². The summed E-state index contributed by atoms with van der Waals surface area (Å²) in [5.74, 6) is -1.62. The van der Waals surface area contributed by atoms with E-state index in [-0.39, 0.29) is 29.4 Å². The summed E-state index contributed by atoms with van der Waals surface area (Å²) in [6.45, 7) is 1.84. The minimum absolute atomic E-state index is 0.0331. The largest absolute Gasteiger partial charge is 0.463 e. The van der Waals surface area contributed by atoms with Crippen LogP contribution in [0.3, 0.4) is 0 Å². The predicted molar refractivity (Wildman–Crippen MR) is 104 cm³/mol. The number of carbonyl (C=O) groups is 2. The Labute approximate surface area is 164 Å². The molecule has 0 fully saturated rings. The number of carbonyl (C=O) groups excluding carboxylic acids is 2. The zero-order valence-corrected chi connectivity index (χ0v) is 15.8. The number of furan rings is 1. The standard InChI is InChI=1S/C20H18FN5O3/c1-11-17(18(19(22)27)24-25(11)2)23-20(28)15-9-16-14(7-8-29-16)26(15)10-12-5-3-4-6-13(12)21/h3-9H,10H2,1-2H3,(H2,22,27)(H,23,28). The first-order chi connectivity index (χ1) is 13.9. The molecule has 0 aliphatic carbocycles. The molecule has 0 spiro atoms. The molecule has 3 aromatic heterocycles. The number of nitrogens with one attached hydrogen (secondary N) is 1. The van der Waals surface area contributed by atoms with E-state index >= 15 is 0 Å². The maximum Gasteiger partial charge on any atom is 0.272 e. The molecule has 1 aromatic carbocycles. The van der Waals surface area contributed by atoms with Crippen LogP contribution < -0.4 is 11.1 Å². The van der Waals surface area contributed by atoms with E-state index < -0.39 is 11.8 Å². The van der Waals surface area contributed by atoms with Gasteiger partial charge in [-0.1, -0.05) is 18.2 Å². The lowest BCUT2D eigenvalue weighted by Gasteiger charge is -2.11. The lowest BCUT2D eigenvalue weighted by Crippen LogP contribution is -2.21. The summed E-state index contributed by atoms with van der Waals surface area (Å²) in [6.07, 6.45) is 1.50. The van der Waals surface area contributed by atoms with Gasteiger partial charge in [-0.25, -0.2) is 4.39 Å². The van der Waals surface area contributed by atoms with E-state index in [9.17, 15) is 14.0 Å². The number of anilines is 1. The number of amides is 2. The van der Waals surface area contributed by atoms with Gasteiger partial charge in [0.25, 0.3) is 11.8 Å². The molecule has 0 atom stereocenters. The molecule has 0 radical (unpaired) electrons. The van der Waals surface area contributed by atoms with Gasteiger partial charge in [0, 0.05) is 24.7 Å². The Kier molecular flexibility index (Phi) is 4.42. The van der Waals surface area contributed by atoms with Crippen LogP contribution in [0.25, 0.3) is 11.1 Å². The van der Waals surface area contributed by atoms with Crippen molar-refractivity contribution in [2.24, 2.45) is 12.8 Å². The van der Waals surface area contributed by atoms with Gasteiger partial charge in [-0.05, 0) is 13.0 Å². The quantitative estimate of drug-likeness (QED) is 0.542. The van der Waals surface area contributed by atoms with Crippen molar-refractivity contribution in [1.82, 2.24) is 14.3 Å². The number of halogens is 1. The summed E-state index contributed by atoms with van der Waals surface area (Å²) in [6, 6.07) is 9.62. The second-order valence-electron chi connectivity index (χ2n) is 6.63. The van der Waals surface area contributed by atoms with E-state index in [2.05, 4.69) is 10.4 Å². The van der Waals surface area contributed by atoms with Crippen molar-refractivity contribution >= 4 is 28.6 Å². The first-order valence-corrected chi connectivity index (χ1v) is 8.81. The number of hydrogen-bond acceptors (Lipinski definition) is 4. The smallest absolute Gasteiger partial charge is 0.272 e. The number of nitrogens with two attached hydrogens (primary N) is 1. The molecule has 0 saturated heterocycles. The molecule has 4 aromatic rings. The fraction of sp³-hybridized carbons (Fsp3) is 0.150. The number of aryl methyl sites for hydroxylation is 1. The Morgan fingerprint density at radius 1 is 1.28 bits per heavy atom. The molecule has 0 aliphatic heterocycles. The summed E-state index contributed by atoms with van der Waals surface area (Å²) < 4.78 is 22.7. The molecule has 3 N–H and O–H groups in total. The maximum absolute atomic E-state index is 14.2. The molecule has 0 unspecified atom stereocenters. The van der Waals surface area contributed by atoms with Crippen LogP contribution in [0.15, 0.2) is 47.1 Å². The molecule has 0 aliphatic rings. The summed E-state index contributed by atoms with van der Waals surface area (Å²) in [4.78, 5) is 24.7. The van der Waals surface area contributed by atoms with Crippen molar-refractivity contribution < 1.29 is 18.4 Å². The van der Waals surface area contributed by atoms with Gasteiger partial charge < -0.3 is 20.0 Å². The van der Waals surface area contributed by atoms with Crippen LogP contribution in [-0.4, -0.2) is 26.2 Å². The molecule has 0 saturated carbocycles. The predicted octanol–water partition coefficient (Wildman–Crippen LogP) is 2.81. The zero-order valence-electron chi connectivity index (χ0n) is 15.8. The highest BCUT2D eigenvalue weighted by molar-refractivity contribution is 6.09. The Bertz CT molecular complexity index is 1250. The first kappa shape index (κ1) is 18.5. The van der Waals surface area contributed by atoms with E-state index in [1.165, 1.54) is 17.0 Å². The third-order valence-corrected chi connectivity index (χ3v) is 4.85. The lowest BCUT2D eigenvalue weighted by molar-refractivity contribution is 0.0995. The number of fused-ring (bicyclic) bond motifs is 1. The van der Waals surface area contributed by atoms with E-state index in [1.54, 1.807) is 48.9 Å². The van der Waals surface area contributed by atoms with Crippen molar-refractivity contribution in [3.8, 4) is 0 Å². The molecule has 2 amide bonds. The number of benzene rings is 1. The SMILES string of the molecule is Cc1c(NC(=O)c2cc3occc3n2Cc2ccccc2F)c(C(N)=O)nn1C. The minimum Gasteiger partial charge on any atom is -0.463 e. The van der Waals surface area contributed by atoms with Crippen molar-refractivity contribution in [2.45, 2.75) is 13.5 Å². The second-order valence-corrected chi connectivity index (χ2v) is 6.63. The van der Waals surface area contributed by atoms with Crippen molar-refractivity contribution in [2.75, 3.05) is 5.32 Å². The molecule has 9 heteroatoms. The highest BCUT2D eigenvalue weighted by atomic mass is 19.1. The molecule has 148 valence electrons. The van der Waals surface area contributed by atoms with Crippen LogP contribution in [0.5, 0.6) is 0 Å². The van der Waals surface area contributed by atoms with E-state index in [0.29, 0.717) is 22.4 Å². The minimum atomic E-state index is -0.750. The highest BCUT2D eigenvalue weighted by Crippen LogP contribution is 2.25. The Morgan fingerprint density at radius 2 is 2.03 bits per heavy atom. The van der Waals surface area contributed by atoms with Crippen molar-refractivity contribution in [3.05, 3.63) is 71.1 Å². The highest BCUT2D eigenvalue weighted by Gasteiger charge is 2.23. The van der Waals surface area contributed by atoms with E-state index in [4.69, 9.17) is 10.2 Å². The normalized spacial score (nSPS) is 11.1. The van der Waals surface area contributed by atoms with Crippen molar-refractivity contribution in [1.29, 1.82) is 0 Å². The topological polar surface area (TPSA) is 108 Å². The fourth-order valence-corrected chi connectivity index (χ4v) is 3.24. The summed E-state index contributed by atoms with van der Waals surface area (Å²) in [7, 11) is 1.64. The first-order valence-electron chi connectivity index (χ1n) is 8.81. The molecule has 4 rings (SSSR count). The summed E-state index contributed by atoms with van der Waals surface area (Å²) in [5.41, 5.74) is 7.97. The summed E-state index contributed by atoms with van der Waals surface area (Å²) in [5, 5.41) is 6.75. The fourth-order valence-electron chi connectivity index (χ4n) is 3.24. The zero-order chi connectivity index (χ0) is 20.7. The number of primary amides is 1.